The Kier molecular flexibility index (Phi) is 2.45. The molecule has 1 N–H and O–H groups in total. The number of rotatable bonds is 2. The summed E-state index contributed by atoms with van der Waals surface area (Å²) in [6, 6.07) is 2.02. The van der Waals surface area contributed by atoms with E-state index in [1.807, 2.05) is 21.4 Å². The SMILES string of the molecule is O=C(O)c1cn2c(n1)CO[C@@H](c1ccsc1)C2. The Morgan fingerprint density at radius 3 is 3.24 bits per heavy atom. The van der Waals surface area contributed by atoms with Gasteiger partial charge in [0.15, 0.2) is 5.69 Å². The van der Waals surface area contributed by atoms with Gasteiger partial charge in [-0.1, -0.05) is 0 Å². The minimum Gasteiger partial charge on any atom is -0.476 e. The molecule has 3 heterocycles. The first-order valence-electron chi connectivity index (χ1n) is 5.17. The zero-order valence-corrected chi connectivity index (χ0v) is 9.68. The molecule has 2 aromatic heterocycles. The Morgan fingerprint density at radius 1 is 1.65 bits per heavy atom. The van der Waals surface area contributed by atoms with Gasteiger partial charge in [0, 0.05) is 6.20 Å². The van der Waals surface area contributed by atoms with Gasteiger partial charge >= 0.3 is 5.97 Å². The number of nitrogens with zero attached hydrogens (tertiary/aromatic N) is 2. The van der Waals surface area contributed by atoms with Crippen LogP contribution in [0.25, 0.3) is 0 Å². The third-order valence-electron chi connectivity index (χ3n) is 2.77. The second kappa shape index (κ2) is 3.97. The van der Waals surface area contributed by atoms with E-state index in [-0.39, 0.29) is 11.8 Å². The Hall–Kier alpha value is -1.66. The Labute approximate surface area is 101 Å². The molecular weight excluding hydrogens is 240 g/mol. The average molecular weight is 250 g/mol. The Bertz CT molecular complexity index is 547. The summed E-state index contributed by atoms with van der Waals surface area (Å²) in [5, 5.41) is 12.9. The number of carboxylic acid groups (broad SMARTS) is 1. The molecule has 0 saturated heterocycles. The number of fused-ring (bicyclic) bond motifs is 1. The summed E-state index contributed by atoms with van der Waals surface area (Å²) in [7, 11) is 0. The van der Waals surface area contributed by atoms with E-state index in [1.165, 1.54) is 0 Å². The zero-order valence-electron chi connectivity index (χ0n) is 8.87. The number of hydrogen-bond donors (Lipinski definition) is 1. The number of carboxylic acids is 1. The van der Waals surface area contributed by atoms with Crippen LogP contribution in [0.3, 0.4) is 0 Å². The molecule has 0 radical (unpaired) electrons. The quantitative estimate of drug-likeness (QED) is 0.884. The number of aromatic carboxylic acids is 1. The third-order valence-corrected chi connectivity index (χ3v) is 3.47. The predicted octanol–water partition coefficient (Wildman–Crippen LogP) is 1.91. The van der Waals surface area contributed by atoms with Crippen LogP contribution in [0.15, 0.2) is 23.0 Å². The largest absolute Gasteiger partial charge is 0.476 e. The number of thiophene rings is 1. The molecule has 0 amide bonds. The normalized spacial score (nSPS) is 18.9. The second-order valence-electron chi connectivity index (χ2n) is 3.86. The molecule has 0 aliphatic carbocycles. The van der Waals surface area contributed by atoms with Crippen LogP contribution >= 0.6 is 11.3 Å². The van der Waals surface area contributed by atoms with E-state index in [2.05, 4.69) is 4.98 Å². The molecule has 0 fully saturated rings. The molecule has 1 aliphatic rings. The lowest BCUT2D eigenvalue weighted by Crippen LogP contribution is -2.20. The highest BCUT2D eigenvalue weighted by atomic mass is 32.1. The number of carbonyl (C=O) groups is 1. The smallest absolute Gasteiger partial charge is 0.356 e. The first kappa shape index (κ1) is 10.5. The first-order valence-corrected chi connectivity index (χ1v) is 6.11. The van der Waals surface area contributed by atoms with Crippen LogP contribution in [-0.4, -0.2) is 20.6 Å². The van der Waals surface area contributed by atoms with Crippen LogP contribution in [0.4, 0.5) is 0 Å². The summed E-state index contributed by atoms with van der Waals surface area (Å²) in [6.45, 7) is 0.972. The monoisotopic (exact) mass is 250 g/mol. The van der Waals surface area contributed by atoms with Crippen LogP contribution in [0.1, 0.15) is 28.0 Å². The van der Waals surface area contributed by atoms with Gasteiger partial charge in [-0.25, -0.2) is 9.78 Å². The molecule has 17 heavy (non-hydrogen) atoms. The summed E-state index contributed by atoms with van der Waals surface area (Å²) < 4.78 is 7.53. The summed E-state index contributed by atoms with van der Waals surface area (Å²) in [4.78, 5) is 14.8. The fraction of sp³-hybridized carbons (Fsp3) is 0.273. The zero-order chi connectivity index (χ0) is 11.8. The van der Waals surface area contributed by atoms with E-state index in [1.54, 1.807) is 17.5 Å². The lowest BCUT2D eigenvalue weighted by atomic mass is 10.2. The molecule has 0 aromatic carbocycles. The highest BCUT2D eigenvalue weighted by molar-refractivity contribution is 7.07. The van der Waals surface area contributed by atoms with Crippen molar-refractivity contribution in [2.45, 2.75) is 19.3 Å². The van der Waals surface area contributed by atoms with Gasteiger partial charge in [-0.05, 0) is 22.4 Å². The number of ether oxygens (including phenoxy) is 1. The maximum absolute atomic E-state index is 10.8. The minimum atomic E-state index is -1.00. The van der Waals surface area contributed by atoms with Crippen LogP contribution in [-0.2, 0) is 17.9 Å². The Balaban J connectivity index is 1.88. The lowest BCUT2D eigenvalue weighted by Gasteiger charge is -2.23. The topological polar surface area (TPSA) is 64.3 Å². The third kappa shape index (κ3) is 1.85. The van der Waals surface area contributed by atoms with Crippen molar-refractivity contribution in [2.75, 3.05) is 0 Å². The van der Waals surface area contributed by atoms with Crippen molar-refractivity contribution in [1.82, 2.24) is 9.55 Å². The van der Waals surface area contributed by atoms with Crippen molar-refractivity contribution < 1.29 is 14.6 Å². The highest BCUT2D eigenvalue weighted by Crippen LogP contribution is 2.27. The lowest BCUT2D eigenvalue weighted by molar-refractivity contribution is 0.000736. The molecule has 5 nitrogen and oxygen atoms in total. The van der Waals surface area contributed by atoms with Crippen molar-refractivity contribution in [3.63, 3.8) is 0 Å². The van der Waals surface area contributed by atoms with Gasteiger partial charge in [0.25, 0.3) is 0 Å². The molecule has 0 saturated carbocycles. The molecule has 3 rings (SSSR count). The van der Waals surface area contributed by atoms with E-state index in [0.717, 1.165) is 5.56 Å². The van der Waals surface area contributed by atoms with Gasteiger partial charge in [0.1, 0.15) is 18.5 Å². The van der Waals surface area contributed by atoms with Crippen molar-refractivity contribution in [3.8, 4) is 0 Å². The van der Waals surface area contributed by atoms with E-state index in [0.29, 0.717) is 19.0 Å². The molecule has 6 heteroatoms. The molecule has 2 aromatic rings. The fourth-order valence-electron chi connectivity index (χ4n) is 1.90. The molecule has 88 valence electrons. The number of aromatic nitrogens is 2. The molecule has 1 atom stereocenters. The van der Waals surface area contributed by atoms with E-state index in [4.69, 9.17) is 9.84 Å². The van der Waals surface area contributed by atoms with Crippen molar-refractivity contribution in [2.24, 2.45) is 0 Å². The second-order valence-corrected chi connectivity index (χ2v) is 4.64. The molecule has 1 aliphatic heterocycles. The van der Waals surface area contributed by atoms with Gasteiger partial charge in [-0.15, -0.1) is 0 Å². The minimum absolute atomic E-state index is 0.00963. The number of imidazole rings is 1. The Morgan fingerprint density at radius 2 is 2.53 bits per heavy atom. The average Bonchev–Trinajstić information content (AvgIpc) is 2.97. The molecule has 0 spiro atoms. The molecular formula is C11H10N2O3S. The van der Waals surface area contributed by atoms with E-state index >= 15 is 0 Å². The van der Waals surface area contributed by atoms with Crippen LogP contribution < -0.4 is 0 Å². The van der Waals surface area contributed by atoms with Gasteiger partial charge in [-0.3, -0.25) is 0 Å². The summed E-state index contributed by atoms with van der Waals surface area (Å²) in [6.07, 6.45) is 1.56. The number of hydrogen-bond acceptors (Lipinski definition) is 4. The van der Waals surface area contributed by atoms with Crippen LogP contribution in [0, 0.1) is 0 Å². The van der Waals surface area contributed by atoms with Gasteiger partial charge in [-0.2, -0.15) is 11.3 Å². The maximum Gasteiger partial charge on any atom is 0.356 e. The van der Waals surface area contributed by atoms with Crippen molar-refractivity contribution >= 4 is 17.3 Å². The fourth-order valence-corrected chi connectivity index (χ4v) is 2.60. The summed E-state index contributed by atoms with van der Waals surface area (Å²) >= 11 is 1.63. The van der Waals surface area contributed by atoms with Gasteiger partial charge in [0.05, 0.1) is 6.54 Å². The van der Waals surface area contributed by atoms with Gasteiger partial charge < -0.3 is 14.4 Å². The van der Waals surface area contributed by atoms with E-state index in [9.17, 15) is 4.79 Å². The summed E-state index contributed by atoms with van der Waals surface area (Å²) in [5.41, 5.74) is 1.21. The standard InChI is InChI=1S/C11H10N2O3S/c14-11(15)8-3-13-4-9(7-1-2-17-6-7)16-5-10(13)12-8/h1-3,6,9H,4-5H2,(H,14,15)/t9-/m1/s1. The predicted molar refractivity (Wildman–Crippen MR) is 61.0 cm³/mol. The van der Waals surface area contributed by atoms with Crippen molar-refractivity contribution in [3.05, 3.63) is 40.1 Å². The van der Waals surface area contributed by atoms with Crippen LogP contribution in [0.5, 0.6) is 0 Å². The van der Waals surface area contributed by atoms with E-state index < -0.39 is 5.97 Å². The summed E-state index contributed by atoms with van der Waals surface area (Å²) in [5.74, 6) is -0.326. The molecule has 0 unspecified atom stereocenters. The van der Waals surface area contributed by atoms with Crippen LogP contribution in [0.2, 0.25) is 0 Å². The molecule has 0 bridgehead atoms. The van der Waals surface area contributed by atoms with Gasteiger partial charge in [0.2, 0.25) is 0 Å². The highest BCUT2D eigenvalue weighted by Gasteiger charge is 2.23. The maximum atomic E-state index is 10.8. The first-order chi connectivity index (χ1) is 8.24. The van der Waals surface area contributed by atoms with Crippen molar-refractivity contribution in [1.29, 1.82) is 0 Å².